The number of rotatable bonds is 3. The quantitative estimate of drug-likeness (QED) is 0.776. The summed E-state index contributed by atoms with van der Waals surface area (Å²) < 4.78 is 0. The number of hydrogen-bond donors (Lipinski definition) is 3. The molecule has 0 amide bonds. The van der Waals surface area contributed by atoms with Gasteiger partial charge in [-0.05, 0) is 49.7 Å². The molecule has 6 nitrogen and oxygen atoms in total. The average molecular weight is 258 g/mol. The molecule has 3 rings (SSSR count). The molecule has 1 fully saturated rings. The SMILES string of the molecule is c1cc(NC2CCCNCC2)cc(-c2nn[nH]n2)c1. The van der Waals surface area contributed by atoms with Crippen molar-refractivity contribution in [1.29, 1.82) is 0 Å². The van der Waals surface area contributed by atoms with Gasteiger partial charge in [0.05, 0.1) is 0 Å². The molecule has 1 aromatic carbocycles. The fourth-order valence-corrected chi connectivity index (χ4v) is 2.43. The van der Waals surface area contributed by atoms with E-state index in [1.54, 1.807) is 0 Å². The number of aromatic amines is 1. The maximum absolute atomic E-state index is 4.00. The van der Waals surface area contributed by atoms with Crippen molar-refractivity contribution in [2.75, 3.05) is 18.4 Å². The van der Waals surface area contributed by atoms with Gasteiger partial charge in [0.15, 0.2) is 0 Å². The summed E-state index contributed by atoms with van der Waals surface area (Å²) in [5.41, 5.74) is 2.10. The van der Waals surface area contributed by atoms with Crippen molar-refractivity contribution >= 4 is 5.69 Å². The van der Waals surface area contributed by atoms with E-state index in [0.29, 0.717) is 11.9 Å². The number of H-pyrrole nitrogens is 1. The fourth-order valence-electron chi connectivity index (χ4n) is 2.43. The van der Waals surface area contributed by atoms with Crippen LogP contribution >= 0.6 is 0 Å². The van der Waals surface area contributed by atoms with E-state index in [2.05, 4.69) is 43.4 Å². The number of anilines is 1. The maximum Gasteiger partial charge on any atom is 0.204 e. The fraction of sp³-hybridized carbons (Fsp3) is 0.462. The van der Waals surface area contributed by atoms with Crippen LogP contribution in [-0.4, -0.2) is 39.8 Å². The second kappa shape index (κ2) is 5.79. The van der Waals surface area contributed by atoms with Crippen molar-refractivity contribution in [3.63, 3.8) is 0 Å². The molecule has 1 atom stereocenters. The molecule has 1 aliphatic heterocycles. The Bertz CT molecular complexity index is 502. The zero-order valence-electron chi connectivity index (χ0n) is 10.8. The van der Waals surface area contributed by atoms with Crippen LogP contribution in [0, 0.1) is 0 Å². The lowest BCUT2D eigenvalue weighted by molar-refractivity contribution is 0.637. The van der Waals surface area contributed by atoms with E-state index >= 15 is 0 Å². The van der Waals surface area contributed by atoms with Crippen molar-refractivity contribution in [2.24, 2.45) is 0 Å². The van der Waals surface area contributed by atoms with Gasteiger partial charge in [0.2, 0.25) is 5.82 Å². The molecule has 0 aliphatic carbocycles. The molecule has 0 radical (unpaired) electrons. The smallest absolute Gasteiger partial charge is 0.204 e. The molecule has 1 saturated heterocycles. The van der Waals surface area contributed by atoms with E-state index in [4.69, 9.17) is 0 Å². The molecule has 1 aliphatic rings. The van der Waals surface area contributed by atoms with E-state index < -0.39 is 0 Å². The highest BCUT2D eigenvalue weighted by atomic mass is 15.5. The Balaban J connectivity index is 1.72. The number of benzene rings is 1. The average Bonchev–Trinajstić information content (AvgIpc) is 2.86. The van der Waals surface area contributed by atoms with Gasteiger partial charge < -0.3 is 10.6 Å². The summed E-state index contributed by atoms with van der Waals surface area (Å²) in [5, 5.41) is 21.1. The molecule has 2 heterocycles. The molecule has 3 N–H and O–H groups in total. The Morgan fingerprint density at radius 2 is 2.21 bits per heavy atom. The van der Waals surface area contributed by atoms with Crippen LogP contribution < -0.4 is 10.6 Å². The summed E-state index contributed by atoms with van der Waals surface area (Å²) in [4.78, 5) is 0. The number of nitrogens with zero attached hydrogens (tertiary/aromatic N) is 3. The van der Waals surface area contributed by atoms with Crippen molar-refractivity contribution in [2.45, 2.75) is 25.3 Å². The van der Waals surface area contributed by atoms with Crippen LogP contribution in [0.5, 0.6) is 0 Å². The maximum atomic E-state index is 4.00. The summed E-state index contributed by atoms with van der Waals surface area (Å²) in [7, 11) is 0. The number of aromatic nitrogens is 4. The van der Waals surface area contributed by atoms with Crippen LogP contribution in [0.15, 0.2) is 24.3 Å². The van der Waals surface area contributed by atoms with Crippen molar-refractivity contribution in [3.05, 3.63) is 24.3 Å². The molecule has 0 spiro atoms. The highest BCUT2D eigenvalue weighted by molar-refractivity contribution is 5.61. The molecule has 6 heteroatoms. The lowest BCUT2D eigenvalue weighted by Crippen LogP contribution is -2.21. The summed E-state index contributed by atoms with van der Waals surface area (Å²) in [6.45, 7) is 2.21. The first kappa shape index (κ1) is 12.1. The van der Waals surface area contributed by atoms with Crippen LogP contribution in [-0.2, 0) is 0 Å². The van der Waals surface area contributed by atoms with Gasteiger partial charge >= 0.3 is 0 Å². The molecule has 1 unspecified atom stereocenters. The van der Waals surface area contributed by atoms with Crippen LogP contribution in [0.25, 0.3) is 11.4 Å². The van der Waals surface area contributed by atoms with Gasteiger partial charge in [0.1, 0.15) is 0 Å². The zero-order valence-corrected chi connectivity index (χ0v) is 10.8. The van der Waals surface area contributed by atoms with Crippen LogP contribution in [0.3, 0.4) is 0 Å². The van der Waals surface area contributed by atoms with Gasteiger partial charge in [-0.1, -0.05) is 12.1 Å². The first-order valence-electron chi connectivity index (χ1n) is 6.73. The van der Waals surface area contributed by atoms with Gasteiger partial charge in [-0.2, -0.15) is 5.21 Å². The van der Waals surface area contributed by atoms with Crippen molar-refractivity contribution in [3.8, 4) is 11.4 Å². The summed E-state index contributed by atoms with van der Waals surface area (Å²) in [6, 6.07) is 8.70. The first-order valence-corrected chi connectivity index (χ1v) is 6.73. The molecule has 2 aromatic rings. The number of tetrazole rings is 1. The minimum Gasteiger partial charge on any atom is -0.382 e. The van der Waals surface area contributed by atoms with Crippen molar-refractivity contribution < 1.29 is 0 Å². The zero-order chi connectivity index (χ0) is 12.9. The van der Waals surface area contributed by atoms with Gasteiger partial charge in [-0.25, -0.2) is 0 Å². The third-order valence-corrected chi connectivity index (χ3v) is 3.41. The summed E-state index contributed by atoms with van der Waals surface area (Å²) >= 11 is 0. The highest BCUT2D eigenvalue weighted by Gasteiger charge is 2.12. The van der Waals surface area contributed by atoms with E-state index in [1.807, 2.05) is 12.1 Å². The van der Waals surface area contributed by atoms with E-state index in [9.17, 15) is 0 Å². The molecular formula is C13H18N6. The Morgan fingerprint density at radius 1 is 1.21 bits per heavy atom. The third-order valence-electron chi connectivity index (χ3n) is 3.41. The summed E-state index contributed by atoms with van der Waals surface area (Å²) in [5.74, 6) is 0.631. The molecular weight excluding hydrogens is 240 g/mol. The lowest BCUT2D eigenvalue weighted by Gasteiger charge is -2.17. The lowest BCUT2D eigenvalue weighted by atomic mass is 10.1. The number of nitrogens with one attached hydrogen (secondary N) is 3. The summed E-state index contributed by atoms with van der Waals surface area (Å²) in [6.07, 6.45) is 3.59. The Hall–Kier alpha value is -1.95. The second-order valence-corrected chi connectivity index (χ2v) is 4.84. The Kier molecular flexibility index (Phi) is 3.69. The molecule has 19 heavy (non-hydrogen) atoms. The predicted molar refractivity (Wildman–Crippen MR) is 73.7 cm³/mol. The third kappa shape index (κ3) is 3.08. The minimum atomic E-state index is 0.538. The largest absolute Gasteiger partial charge is 0.382 e. The van der Waals surface area contributed by atoms with Crippen LogP contribution in [0.4, 0.5) is 5.69 Å². The highest BCUT2D eigenvalue weighted by Crippen LogP contribution is 2.20. The second-order valence-electron chi connectivity index (χ2n) is 4.84. The van der Waals surface area contributed by atoms with Crippen LogP contribution in [0.2, 0.25) is 0 Å². The first-order chi connectivity index (χ1) is 9.42. The topological polar surface area (TPSA) is 78.5 Å². The van der Waals surface area contributed by atoms with Gasteiger partial charge in [0, 0.05) is 17.3 Å². The molecule has 0 bridgehead atoms. The van der Waals surface area contributed by atoms with E-state index in [1.165, 1.54) is 12.8 Å². The van der Waals surface area contributed by atoms with Gasteiger partial charge in [-0.15, -0.1) is 10.2 Å². The molecule has 1 aromatic heterocycles. The monoisotopic (exact) mass is 258 g/mol. The standard InChI is InChI=1S/C13H18N6/c1-3-10(13-16-18-19-17-13)9-12(4-1)15-11-5-2-7-14-8-6-11/h1,3-4,9,11,14-15H,2,5-8H2,(H,16,17,18,19). The van der Waals surface area contributed by atoms with Gasteiger partial charge in [-0.3, -0.25) is 0 Å². The number of hydrogen-bond acceptors (Lipinski definition) is 5. The van der Waals surface area contributed by atoms with E-state index in [0.717, 1.165) is 30.8 Å². The predicted octanol–water partition coefficient (Wildman–Crippen LogP) is 1.42. The van der Waals surface area contributed by atoms with Gasteiger partial charge in [0.25, 0.3) is 0 Å². The van der Waals surface area contributed by atoms with Crippen LogP contribution in [0.1, 0.15) is 19.3 Å². The minimum absolute atomic E-state index is 0.538. The van der Waals surface area contributed by atoms with E-state index in [-0.39, 0.29) is 0 Å². The van der Waals surface area contributed by atoms with Crippen molar-refractivity contribution in [1.82, 2.24) is 25.9 Å². The molecule has 100 valence electrons. The molecule has 0 saturated carbocycles. The normalized spacial score (nSPS) is 19.9. The Morgan fingerprint density at radius 3 is 3.11 bits per heavy atom. The Labute approximate surface area is 112 Å².